The molecule has 2 aromatic rings. The van der Waals surface area contributed by atoms with E-state index in [9.17, 15) is 14.5 Å². The van der Waals surface area contributed by atoms with E-state index in [0.717, 1.165) is 6.07 Å². The molecule has 0 bridgehead atoms. The summed E-state index contributed by atoms with van der Waals surface area (Å²) in [5.41, 5.74) is 0.555. The largest absolute Gasteiger partial charge is 0.375 e. The zero-order valence-electron chi connectivity index (χ0n) is 10.1. The van der Waals surface area contributed by atoms with Crippen molar-refractivity contribution in [2.24, 2.45) is 0 Å². The lowest BCUT2D eigenvalue weighted by Crippen LogP contribution is -2.10. The summed E-state index contributed by atoms with van der Waals surface area (Å²) in [5, 5.41) is 13.4. The number of nitrogens with one attached hydrogen (secondary N) is 1. The molecule has 0 aliphatic rings. The lowest BCUT2D eigenvalue weighted by atomic mass is 10.2. The average molecular weight is 262 g/mol. The fourth-order valence-electron chi connectivity index (χ4n) is 1.58. The van der Waals surface area contributed by atoms with E-state index in [2.05, 4.69) is 15.3 Å². The summed E-state index contributed by atoms with van der Waals surface area (Å²) < 4.78 is 13.7. The van der Waals surface area contributed by atoms with Crippen LogP contribution in [0.2, 0.25) is 0 Å². The van der Waals surface area contributed by atoms with Crippen LogP contribution in [0, 0.1) is 15.9 Å². The topological polar surface area (TPSA) is 81.0 Å². The average Bonchev–Trinajstić information content (AvgIpc) is 2.41. The molecule has 0 spiro atoms. The zero-order chi connectivity index (χ0) is 13.8. The summed E-state index contributed by atoms with van der Waals surface area (Å²) in [6.45, 7) is 1.80. The third-order valence-electron chi connectivity index (χ3n) is 2.56. The van der Waals surface area contributed by atoms with Gasteiger partial charge in [0.05, 0.1) is 34.6 Å². The van der Waals surface area contributed by atoms with Crippen molar-refractivity contribution in [2.45, 2.75) is 13.0 Å². The monoisotopic (exact) mass is 262 g/mol. The van der Waals surface area contributed by atoms with Crippen molar-refractivity contribution in [1.29, 1.82) is 0 Å². The normalized spacial score (nSPS) is 11.9. The van der Waals surface area contributed by atoms with E-state index in [1.54, 1.807) is 25.5 Å². The Balaban J connectivity index is 2.18. The van der Waals surface area contributed by atoms with E-state index in [1.807, 2.05) is 0 Å². The molecule has 0 amide bonds. The molecule has 7 heteroatoms. The highest BCUT2D eigenvalue weighted by Gasteiger charge is 2.13. The van der Waals surface area contributed by atoms with Gasteiger partial charge in [-0.25, -0.2) is 4.39 Å². The molecule has 0 saturated heterocycles. The Morgan fingerprint density at radius 1 is 1.42 bits per heavy atom. The quantitative estimate of drug-likeness (QED) is 0.676. The van der Waals surface area contributed by atoms with Gasteiger partial charge in [0.25, 0.3) is 5.69 Å². The second-order valence-electron chi connectivity index (χ2n) is 3.92. The van der Waals surface area contributed by atoms with Crippen LogP contribution in [0.3, 0.4) is 0 Å². The summed E-state index contributed by atoms with van der Waals surface area (Å²) in [4.78, 5) is 17.9. The minimum atomic E-state index is -0.676. The second kappa shape index (κ2) is 5.38. The SMILES string of the molecule is CC(Nc1ccc([N+](=O)[O-])cc1F)c1cnccn1. The fourth-order valence-corrected chi connectivity index (χ4v) is 1.58. The number of hydrogen-bond acceptors (Lipinski definition) is 5. The predicted molar refractivity (Wildman–Crippen MR) is 67.1 cm³/mol. The molecule has 1 aromatic carbocycles. The number of halogens is 1. The number of anilines is 1. The molecule has 1 atom stereocenters. The molecule has 1 N–H and O–H groups in total. The highest BCUT2D eigenvalue weighted by Crippen LogP contribution is 2.23. The Labute approximate surface area is 108 Å². The lowest BCUT2D eigenvalue weighted by molar-refractivity contribution is -0.385. The maximum Gasteiger partial charge on any atom is 0.272 e. The maximum atomic E-state index is 13.7. The summed E-state index contributed by atoms with van der Waals surface area (Å²) in [6, 6.07) is 3.20. The molecule has 0 aliphatic heterocycles. The highest BCUT2D eigenvalue weighted by atomic mass is 19.1. The van der Waals surface area contributed by atoms with Gasteiger partial charge >= 0.3 is 0 Å². The van der Waals surface area contributed by atoms with E-state index in [1.165, 1.54) is 12.1 Å². The maximum absolute atomic E-state index is 13.7. The van der Waals surface area contributed by atoms with Gasteiger partial charge in [-0.2, -0.15) is 0 Å². The first-order valence-corrected chi connectivity index (χ1v) is 5.54. The lowest BCUT2D eigenvalue weighted by Gasteiger charge is -2.14. The number of rotatable bonds is 4. The van der Waals surface area contributed by atoms with Crippen molar-refractivity contribution in [3.63, 3.8) is 0 Å². The van der Waals surface area contributed by atoms with Crippen LogP contribution in [0.1, 0.15) is 18.7 Å². The molecule has 19 heavy (non-hydrogen) atoms. The predicted octanol–water partition coefficient (Wildman–Crippen LogP) is 2.70. The van der Waals surface area contributed by atoms with Crippen LogP contribution in [0.4, 0.5) is 15.8 Å². The van der Waals surface area contributed by atoms with Gasteiger partial charge in [-0.15, -0.1) is 0 Å². The van der Waals surface area contributed by atoms with E-state index < -0.39 is 10.7 Å². The minimum Gasteiger partial charge on any atom is -0.375 e. The van der Waals surface area contributed by atoms with Gasteiger partial charge in [-0.3, -0.25) is 20.1 Å². The molecule has 1 heterocycles. The first-order chi connectivity index (χ1) is 9.08. The number of aromatic nitrogens is 2. The Bertz CT molecular complexity index is 592. The number of hydrogen-bond donors (Lipinski definition) is 1. The van der Waals surface area contributed by atoms with E-state index in [4.69, 9.17) is 0 Å². The molecule has 1 aromatic heterocycles. The van der Waals surface area contributed by atoms with Gasteiger partial charge < -0.3 is 5.32 Å². The van der Waals surface area contributed by atoms with Crippen molar-refractivity contribution in [2.75, 3.05) is 5.32 Å². The Morgan fingerprint density at radius 3 is 2.79 bits per heavy atom. The molecule has 0 fully saturated rings. The van der Waals surface area contributed by atoms with E-state index in [-0.39, 0.29) is 17.4 Å². The van der Waals surface area contributed by atoms with Crippen molar-refractivity contribution in [1.82, 2.24) is 9.97 Å². The van der Waals surface area contributed by atoms with Gasteiger partial charge in [-0.05, 0) is 13.0 Å². The van der Waals surface area contributed by atoms with Crippen LogP contribution >= 0.6 is 0 Å². The Kier molecular flexibility index (Phi) is 3.65. The van der Waals surface area contributed by atoms with Crippen LogP contribution in [0.15, 0.2) is 36.8 Å². The second-order valence-corrected chi connectivity index (χ2v) is 3.92. The first kappa shape index (κ1) is 12.9. The zero-order valence-corrected chi connectivity index (χ0v) is 10.1. The molecule has 0 saturated carbocycles. The number of nitrogens with zero attached hydrogens (tertiary/aromatic N) is 3. The first-order valence-electron chi connectivity index (χ1n) is 5.54. The Hall–Kier alpha value is -2.57. The molecular weight excluding hydrogens is 251 g/mol. The fraction of sp³-hybridized carbons (Fsp3) is 0.167. The van der Waals surface area contributed by atoms with Crippen molar-refractivity contribution in [3.8, 4) is 0 Å². The van der Waals surface area contributed by atoms with Gasteiger partial charge in [0.15, 0.2) is 5.82 Å². The van der Waals surface area contributed by atoms with Crippen molar-refractivity contribution < 1.29 is 9.31 Å². The number of nitro groups is 1. The number of benzene rings is 1. The van der Waals surface area contributed by atoms with E-state index >= 15 is 0 Å². The van der Waals surface area contributed by atoms with Gasteiger partial charge in [0.1, 0.15) is 0 Å². The van der Waals surface area contributed by atoms with Crippen LogP contribution in [-0.2, 0) is 0 Å². The molecule has 2 rings (SSSR count). The summed E-state index contributed by atoms with van der Waals surface area (Å²) in [7, 11) is 0. The molecule has 0 aliphatic carbocycles. The van der Waals surface area contributed by atoms with Crippen LogP contribution in [0.25, 0.3) is 0 Å². The van der Waals surface area contributed by atoms with E-state index in [0.29, 0.717) is 5.69 Å². The third kappa shape index (κ3) is 3.01. The van der Waals surface area contributed by atoms with Crippen molar-refractivity contribution >= 4 is 11.4 Å². The standard InChI is InChI=1S/C12H11FN4O2/c1-8(12-7-14-4-5-15-12)16-11-3-2-9(17(18)19)6-10(11)13/h2-8,16H,1H3. The van der Waals surface area contributed by atoms with Crippen molar-refractivity contribution in [3.05, 3.63) is 58.4 Å². The summed E-state index contributed by atoms with van der Waals surface area (Å²) in [6.07, 6.45) is 4.66. The van der Waals surface area contributed by atoms with Crippen LogP contribution in [0.5, 0.6) is 0 Å². The Morgan fingerprint density at radius 2 is 2.21 bits per heavy atom. The molecule has 1 unspecified atom stereocenters. The minimum absolute atomic E-state index is 0.184. The summed E-state index contributed by atoms with van der Waals surface area (Å²) >= 11 is 0. The number of nitro benzene ring substituents is 1. The van der Waals surface area contributed by atoms with Gasteiger partial charge in [0.2, 0.25) is 0 Å². The highest BCUT2D eigenvalue weighted by molar-refractivity contribution is 5.51. The van der Waals surface area contributed by atoms with Crippen LogP contribution in [-0.4, -0.2) is 14.9 Å². The van der Waals surface area contributed by atoms with Gasteiger partial charge in [-0.1, -0.05) is 0 Å². The smallest absolute Gasteiger partial charge is 0.272 e. The molecule has 6 nitrogen and oxygen atoms in total. The van der Waals surface area contributed by atoms with Gasteiger partial charge in [0, 0.05) is 18.5 Å². The molecule has 98 valence electrons. The molecular formula is C12H11FN4O2. The third-order valence-corrected chi connectivity index (χ3v) is 2.56. The molecule has 0 radical (unpaired) electrons. The summed E-state index contributed by atoms with van der Waals surface area (Å²) in [5.74, 6) is -0.676. The van der Waals surface area contributed by atoms with Crippen LogP contribution < -0.4 is 5.32 Å². The number of non-ortho nitro benzene ring substituents is 1.